The van der Waals surface area contributed by atoms with Gasteiger partial charge in [0.15, 0.2) is 0 Å². The van der Waals surface area contributed by atoms with Crippen LogP contribution in [0.15, 0.2) is 42.9 Å². The maximum Gasteiger partial charge on any atom is 0.356 e. The second kappa shape index (κ2) is 11.5. The molecule has 1 heterocycles. The molecule has 0 radical (unpaired) electrons. The Hall–Kier alpha value is -3.20. The maximum atomic E-state index is 11.8. The maximum absolute atomic E-state index is 11.8. The van der Waals surface area contributed by atoms with Crippen LogP contribution in [0.4, 0.5) is 0 Å². The summed E-state index contributed by atoms with van der Waals surface area (Å²) < 4.78 is 6.84. The number of carboxylic acids is 2. The van der Waals surface area contributed by atoms with Gasteiger partial charge in [-0.1, -0.05) is 30.3 Å². The van der Waals surface area contributed by atoms with Crippen molar-refractivity contribution >= 4 is 17.9 Å². The minimum absolute atomic E-state index is 0.0231. The minimum atomic E-state index is -1.17. The van der Waals surface area contributed by atoms with Crippen LogP contribution in [0.1, 0.15) is 48.8 Å². The number of aromatic nitrogens is 2. The Bertz CT molecular complexity index is 775. The average molecular weight is 391 g/mol. The summed E-state index contributed by atoms with van der Waals surface area (Å²) in [6.45, 7) is 4.18. The molecule has 0 fully saturated rings. The van der Waals surface area contributed by atoms with Crippen molar-refractivity contribution in [3.63, 3.8) is 0 Å². The number of esters is 1. The topological polar surface area (TPSA) is 145 Å². The van der Waals surface area contributed by atoms with Crippen LogP contribution < -0.4 is 5.73 Å². The van der Waals surface area contributed by atoms with Gasteiger partial charge in [-0.15, -0.1) is 0 Å². The van der Waals surface area contributed by atoms with E-state index < -0.39 is 18.0 Å². The molecular weight excluding hydrogens is 366 g/mol. The van der Waals surface area contributed by atoms with Gasteiger partial charge in [0.25, 0.3) is 0 Å². The number of imidazole rings is 1. The van der Waals surface area contributed by atoms with E-state index in [1.807, 2.05) is 41.8 Å². The summed E-state index contributed by atoms with van der Waals surface area (Å²) in [6, 6.07) is 8.97. The quantitative estimate of drug-likeness (QED) is 0.579. The fraction of sp³-hybridized carbons (Fsp3) is 0.368. The fourth-order valence-corrected chi connectivity index (χ4v) is 2.27. The van der Waals surface area contributed by atoms with Crippen molar-refractivity contribution in [3.8, 4) is 0 Å². The largest absolute Gasteiger partial charge is 0.481 e. The van der Waals surface area contributed by atoms with Gasteiger partial charge in [-0.2, -0.15) is 0 Å². The number of hydrogen-bond acceptors (Lipinski definition) is 6. The van der Waals surface area contributed by atoms with E-state index in [9.17, 15) is 14.4 Å². The van der Waals surface area contributed by atoms with Crippen molar-refractivity contribution in [1.29, 1.82) is 0 Å². The molecule has 152 valence electrons. The van der Waals surface area contributed by atoms with Crippen molar-refractivity contribution in [2.75, 3.05) is 6.61 Å². The number of hydrogen-bond donors (Lipinski definition) is 3. The Morgan fingerprint density at radius 1 is 1.21 bits per heavy atom. The van der Waals surface area contributed by atoms with E-state index in [-0.39, 0.29) is 24.9 Å². The first-order valence-electron chi connectivity index (χ1n) is 8.72. The monoisotopic (exact) mass is 391 g/mol. The third-order valence-corrected chi connectivity index (χ3v) is 3.84. The molecule has 0 saturated carbocycles. The third kappa shape index (κ3) is 7.20. The molecule has 1 aromatic heterocycles. The number of carbonyl (C=O) groups excluding carboxylic acids is 1. The Labute approximate surface area is 162 Å². The van der Waals surface area contributed by atoms with Gasteiger partial charge in [-0.3, -0.25) is 9.59 Å². The molecule has 2 rings (SSSR count). The van der Waals surface area contributed by atoms with Crippen molar-refractivity contribution < 1.29 is 29.3 Å². The zero-order valence-electron chi connectivity index (χ0n) is 15.8. The molecule has 0 saturated heterocycles. The number of ether oxygens (including phenoxy) is 1. The summed E-state index contributed by atoms with van der Waals surface area (Å²) >= 11 is 0. The van der Waals surface area contributed by atoms with Gasteiger partial charge < -0.3 is 25.3 Å². The van der Waals surface area contributed by atoms with E-state index in [0.29, 0.717) is 12.3 Å². The molecule has 1 aromatic carbocycles. The first-order chi connectivity index (χ1) is 13.3. The van der Waals surface area contributed by atoms with Gasteiger partial charge in [-0.05, 0) is 25.8 Å². The van der Waals surface area contributed by atoms with Gasteiger partial charge in [-0.25, -0.2) is 9.78 Å². The van der Waals surface area contributed by atoms with E-state index in [1.54, 1.807) is 13.3 Å². The molecule has 0 aliphatic rings. The molecule has 2 aromatic rings. The second-order valence-electron chi connectivity index (χ2n) is 5.87. The van der Waals surface area contributed by atoms with E-state index in [0.717, 1.165) is 5.56 Å². The third-order valence-electron chi connectivity index (χ3n) is 3.84. The zero-order chi connectivity index (χ0) is 21.1. The lowest BCUT2D eigenvalue weighted by Crippen LogP contribution is -2.30. The van der Waals surface area contributed by atoms with E-state index in [1.165, 1.54) is 6.20 Å². The van der Waals surface area contributed by atoms with Crippen LogP contribution in [0.3, 0.4) is 0 Å². The lowest BCUT2D eigenvalue weighted by Gasteiger charge is -2.16. The Balaban J connectivity index is 0.000000336. The summed E-state index contributed by atoms with van der Waals surface area (Å²) in [4.78, 5) is 35.7. The molecule has 0 aliphatic heterocycles. The van der Waals surface area contributed by atoms with Crippen molar-refractivity contribution in [2.24, 2.45) is 5.73 Å². The Morgan fingerprint density at radius 3 is 2.39 bits per heavy atom. The van der Waals surface area contributed by atoms with Gasteiger partial charge in [0, 0.05) is 6.42 Å². The van der Waals surface area contributed by atoms with Gasteiger partial charge >= 0.3 is 17.9 Å². The number of nitrogens with zero attached hydrogens (tertiary/aromatic N) is 2. The van der Waals surface area contributed by atoms with Crippen molar-refractivity contribution in [1.82, 2.24) is 9.55 Å². The minimum Gasteiger partial charge on any atom is -0.481 e. The van der Waals surface area contributed by atoms with E-state index >= 15 is 0 Å². The molecule has 28 heavy (non-hydrogen) atoms. The molecule has 2 atom stereocenters. The number of aliphatic carboxylic acids is 2. The Morgan fingerprint density at radius 2 is 1.86 bits per heavy atom. The molecule has 0 aliphatic carbocycles. The SMILES string of the molecule is CCOC(=O)c1cncn1C(C)c1ccccc1.NC(CCC(=O)O)C(=O)O. The highest BCUT2D eigenvalue weighted by Crippen LogP contribution is 2.19. The molecular formula is C19H25N3O6. The molecule has 9 heteroatoms. The van der Waals surface area contributed by atoms with Crippen LogP contribution in [-0.2, 0) is 14.3 Å². The summed E-state index contributed by atoms with van der Waals surface area (Å²) in [7, 11) is 0. The number of rotatable bonds is 8. The molecule has 2 unspecified atom stereocenters. The number of nitrogens with two attached hydrogens (primary N) is 1. The predicted molar refractivity (Wildman–Crippen MR) is 101 cm³/mol. The predicted octanol–water partition coefficient (Wildman–Crippen LogP) is 1.93. The smallest absolute Gasteiger partial charge is 0.356 e. The van der Waals surface area contributed by atoms with Gasteiger partial charge in [0.2, 0.25) is 0 Å². The molecule has 0 amide bonds. The molecule has 0 spiro atoms. The first-order valence-corrected chi connectivity index (χ1v) is 8.72. The normalized spacial score (nSPS) is 12.2. The molecule has 9 nitrogen and oxygen atoms in total. The lowest BCUT2D eigenvalue weighted by atomic mass is 10.1. The number of carboxylic acid groups (broad SMARTS) is 2. The summed E-state index contributed by atoms with van der Waals surface area (Å²) in [5.41, 5.74) is 6.61. The van der Waals surface area contributed by atoms with Crippen LogP contribution in [0.25, 0.3) is 0 Å². The highest BCUT2D eigenvalue weighted by molar-refractivity contribution is 5.87. The summed E-state index contributed by atoms with van der Waals surface area (Å²) in [5.74, 6) is -2.53. The van der Waals surface area contributed by atoms with E-state index in [4.69, 9.17) is 20.7 Å². The molecule has 4 N–H and O–H groups in total. The van der Waals surface area contributed by atoms with Crippen molar-refractivity contribution in [2.45, 2.75) is 38.8 Å². The van der Waals surface area contributed by atoms with Crippen LogP contribution >= 0.6 is 0 Å². The second-order valence-corrected chi connectivity index (χ2v) is 5.87. The molecule has 0 bridgehead atoms. The average Bonchev–Trinajstić information content (AvgIpc) is 3.16. The number of benzene rings is 1. The lowest BCUT2D eigenvalue weighted by molar-refractivity contribution is -0.139. The zero-order valence-corrected chi connectivity index (χ0v) is 15.8. The van der Waals surface area contributed by atoms with Crippen LogP contribution in [0, 0.1) is 0 Å². The van der Waals surface area contributed by atoms with Gasteiger partial charge in [0.05, 0.1) is 25.2 Å². The fourth-order valence-electron chi connectivity index (χ4n) is 2.27. The van der Waals surface area contributed by atoms with Crippen LogP contribution in [0.5, 0.6) is 0 Å². The highest BCUT2D eigenvalue weighted by Gasteiger charge is 2.17. The highest BCUT2D eigenvalue weighted by atomic mass is 16.5. The van der Waals surface area contributed by atoms with Crippen molar-refractivity contribution in [3.05, 3.63) is 54.1 Å². The Kier molecular flexibility index (Phi) is 9.38. The van der Waals surface area contributed by atoms with Gasteiger partial charge in [0.1, 0.15) is 11.7 Å². The first kappa shape index (κ1) is 22.8. The van der Waals surface area contributed by atoms with E-state index in [2.05, 4.69) is 4.98 Å². The summed E-state index contributed by atoms with van der Waals surface area (Å²) in [6.07, 6.45) is 2.97. The number of carbonyl (C=O) groups is 3. The van der Waals surface area contributed by atoms with Crippen LogP contribution in [-0.4, -0.2) is 50.3 Å². The van der Waals surface area contributed by atoms with Crippen LogP contribution in [0.2, 0.25) is 0 Å². The summed E-state index contributed by atoms with van der Waals surface area (Å²) in [5, 5.41) is 16.3. The standard InChI is InChI=1S/C14H16N2O2.C5H9NO4/c1-3-18-14(17)13-9-15-10-16(13)11(2)12-7-5-4-6-8-12;6-3(5(9)10)1-2-4(7)8/h4-11H,3H2,1-2H3;3H,1-2,6H2,(H,7,8)(H,9,10).